The maximum atomic E-state index is 11.5. The van der Waals surface area contributed by atoms with Gasteiger partial charge >= 0.3 is 12.1 Å². The highest BCUT2D eigenvalue weighted by Crippen LogP contribution is 2.28. The summed E-state index contributed by atoms with van der Waals surface area (Å²) in [6.45, 7) is 6.04. The number of carbonyl (C=O) groups excluding carboxylic acids is 2. The summed E-state index contributed by atoms with van der Waals surface area (Å²) in [6, 6.07) is 3.70. The maximum Gasteiger partial charge on any atom is 0.412 e. The Morgan fingerprint density at radius 2 is 1.81 bits per heavy atom. The third-order valence-electron chi connectivity index (χ3n) is 2.68. The van der Waals surface area contributed by atoms with Gasteiger partial charge in [0, 0.05) is 31.7 Å². The predicted octanol–water partition coefficient (Wildman–Crippen LogP) is 2.31. The summed E-state index contributed by atoms with van der Waals surface area (Å²) in [4.78, 5) is 22.5. The van der Waals surface area contributed by atoms with Crippen molar-refractivity contribution in [3.63, 3.8) is 0 Å². The normalized spacial score (nSPS) is 10.1. The second-order valence-corrected chi connectivity index (χ2v) is 4.47. The Hall–Kier alpha value is -2.08. The van der Waals surface area contributed by atoms with Crippen LogP contribution in [-0.2, 0) is 27.5 Å². The molecule has 0 radical (unpaired) electrons. The first-order chi connectivity index (χ1) is 9.97. The Kier molecular flexibility index (Phi) is 6.68. The van der Waals surface area contributed by atoms with Crippen LogP contribution in [-0.4, -0.2) is 25.7 Å². The Morgan fingerprint density at radius 3 is 2.33 bits per heavy atom. The molecule has 0 bridgehead atoms. The summed E-state index contributed by atoms with van der Waals surface area (Å²) in [5.74, 6) is -0.0246. The van der Waals surface area contributed by atoms with Gasteiger partial charge in [0.2, 0.25) is 0 Å². The van der Waals surface area contributed by atoms with E-state index in [1.807, 2.05) is 26.0 Å². The van der Waals surface area contributed by atoms with Gasteiger partial charge in [-0.15, -0.1) is 0 Å². The highest BCUT2D eigenvalue weighted by Gasteiger charge is 2.16. The molecule has 6 nitrogen and oxygen atoms in total. The van der Waals surface area contributed by atoms with Crippen LogP contribution in [0, 0.1) is 6.92 Å². The standard InChI is InChI=1S/C15H21NO5/c1-5-19-8-12-6-10(2)7-13(9-20-11(3)17)14(12)21-15(18)16-4/h6-7H,5,8-9H2,1-4H3,(H,16,18). The third kappa shape index (κ3) is 5.43. The maximum absolute atomic E-state index is 11.5. The van der Waals surface area contributed by atoms with Gasteiger partial charge in [-0.3, -0.25) is 4.79 Å². The number of amides is 1. The Labute approximate surface area is 124 Å². The number of hydrogen-bond acceptors (Lipinski definition) is 5. The summed E-state index contributed by atoms with van der Waals surface area (Å²) in [5.41, 5.74) is 2.34. The highest BCUT2D eigenvalue weighted by molar-refractivity contribution is 5.71. The molecule has 0 fully saturated rings. The van der Waals surface area contributed by atoms with Gasteiger partial charge < -0.3 is 19.5 Å². The first kappa shape index (κ1) is 17.0. The molecule has 0 unspecified atom stereocenters. The Balaban J connectivity index is 3.13. The van der Waals surface area contributed by atoms with E-state index in [2.05, 4.69) is 5.32 Å². The molecule has 1 aromatic carbocycles. The predicted molar refractivity (Wildman–Crippen MR) is 77.1 cm³/mol. The van der Waals surface area contributed by atoms with Crippen molar-refractivity contribution < 1.29 is 23.8 Å². The molecule has 6 heteroatoms. The van der Waals surface area contributed by atoms with E-state index in [9.17, 15) is 9.59 Å². The van der Waals surface area contributed by atoms with Crippen molar-refractivity contribution in [1.82, 2.24) is 5.32 Å². The fourth-order valence-corrected chi connectivity index (χ4v) is 1.81. The van der Waals surface area contributed by atoms with Gasteiger partial charge in [-0.2, -0.15) is 0 Å². The molecular weight excluding hydrogens is 274 g/mol. The molecule has 0 aliphatic carbocycles. The van der Waals surface area contributed by atoms with Crippen LogP contribution >= 0.6 is 0 Å². The molecule has 0 aromatic heterocycles. The molecule has 1 aromatic rings. The van der Waals surface area contributed by atoms with Crippen molar-refractivity contribution in [2.45, 2.75) is 34.0 Å². The lowest BCUT2D eigenvalue weighted by molar-refractivity contribution is -0.142. The van der Waals surface area contributed by atoms with Gasteiger partial charge in [-0.25, -0.2) is 4.79 Å². The number of rotatable bonds is 6. The second kappa shape index (κ2) is 8.26. The average molecular weight is 295 g/mol. The highest BCUT2D eigenvalue weighted by atomic mass is 16.6. The van der Waals surface area contributed by atoms with Gasteiger partial charge in [-0.05, 0) is 19.9 Å². The molecule has 0 atom stereocenters. The minimum absolute atomic E-state index is 0.0441. The van der Waals surface area contributed by atoms with Crippen LogP contribution in [0.1, 0.15) is 30.5 Å². The van der Waals surface area contributed by atoms with E-state index in [1.54, 1.807) is 0 Å². The molecular formula is C15H21NO5. The molecule has 21 heavy (non-hydrogen) atoms. The van der Waals surface area contributed by atoms with Crippen LogP contribution in [0.25, 0.3) is 0 Å². The van der Waals surface area contributed by atoms with Crippen molar-refractivity contribution >= 4 is 12.1 Å². The van der Waals surface area contributed by atoms with E-state index in [4.69, 9.17) is 14.2 Å². The van der Waals surface area contributed by atoms with E-state index in [0.29, 0.717) is 24.5 Å². The number of ether oxygens (including phenoxy) is 3. The first-order valence-corrected chi connectivity index (χ1v) is 6.71. The number of benzene rings is 1. The molecule has 0 heterocycles. The topological polar surface area (TPSA) is 73.9 Å². The van der Waals surface area contributed by atoms with E-state index in [-0.39, 0.29) is 6.61 Å². The summed E-state index contributed by atoms with van der Waals surface area (Å²) in [5, 5.41) is 2.39. The van der Waals surface area contributed by atoms with Crippen molar-refractivity contribution in [3.8, 4) is 5.75 Å². The zero-order valence-electron chi connectivity index (χ0n) is 12.8. The summed E-state index contributed by atoms with van der Waals surface area (Å²) < 4.78 is 15.7. The third-order valence-corrected chi connectivity index (χ3v) is 2.68. The molecule has 0 spiro atoms. The van der Waals surface area contributed by atoms with Crippen molar-refractivity contribution in [2.75, 3.05) is 13.7 Å². The Morgan fingerprint density at radius 1 is 1.19 bits per heavy atom. The lowest BCUT2D eigenvalue weighted by Crippen LogP contribution is -2.23. The summed E-state index contributed by atoms with van der Waals surface area (Å²) in [7, 11) is 1.48. The minimum atomic E-state index is -0.583. The van der Waals surface area contributed by atoms with Gasteiger partial charge in [0.15, 0.2) is 0 Å². The zero-order valence-corrected chi connectivity index (χ0v) is 12.8. The number of hydrogen-bond donors (Lipinski definition) is 1. The average Bonchev–Trinajstić information content (AvgIpc) is 2.44. The molecule has 1 amide bonds. The Bertz CT molecular complexity index is 513. The van der Waals surface area contributed by atoms with Crippen molar-refractivity contribution in [3.05, 3.63) is 28.8 Å². The lowest BCUT2D eigenvalue weighted by Gasteiger charge is -2.16. The second-order valence-electron chi connectivity index (χ2n) is 4.47. The monoisotopic (exact) mass is 295 g/mol. The summed E-state index contributed by atoms with van der Waals surface area (Å²) >= 11 is 0. The van der Waals surface area contributed by atoms with E-state index >= 15 is 0 Å². The van der Waals surface area contributed by atoms with E-state index < -0.39 is 12.1 Å². The smallest absolute Gasteiger partial charge is 0.412 e. The molecule has 0 aliphatic rings. The number of esters is 1. The molecule has 116 valence electrons. The van der Waals surface area contributed by atoms with Gasteiger partial charge in [0.1, 0.15) is 12.4 Å². The first-order valence-electron chi connectivity index (χ1n) is 6.71. The van der Waals surface area contributed by atoms with Crippen LogP contribution in [0.2, 0.25) is 0 Å². The molecule has 0 saturated carbocycles. The largest absolute Gasteiger partial charge is 0.461 e. The summed E-state index contributed by atoms with van der Waals surface area (Å²) in [6.07, 6.45) is -0.583. The van der Waals surface area contributed by atoms with Crippen LogP contribution in [0.15, 0.2) is 12.1 Å². The zero-order chi connectivity index (χ0) is 15.8. The van der Waals surface area contributed by atoms with Crippen molar-refractivity contribution in [1.29, 1.82) is 0 Å². The minimum Gasteiger partial charge on any atom is -0.461 e. The SMILES string of the molecule is CCOCc1cc(C)cc(COC(C)=O)c1OC(=O)NC. The lowest BCUT2D eigenvalue weighted by atomic mass is 10.1. The van der Waals surface area contributed by atoms with Crippen LogP contribution in [0.5, 0.6) is 5.75 Å². The quantitative estimate of drug-likeness (QED) is 0.815. The number of nitrogens with one attached hydrogen (secondary N) is 1. The fraction of sp³-hybridized carbons (Fsp3) is 0.467. The number of aryl methyl sites for hydroxylation is 1. The molecule has 0 aliphatic heterocycles. The van der Waals surface area contributed by atoms with E-state index in [0.717, 1.165) is 11.1 Å². The number of carbonyl (C=O) groups is 2. The molecule has 0 saturated heterocycles. The van der Waals surface area contributed by atoms with Crippen molar-refractivity contribution in [2.24, 2.45) is 0 Å². The van der Waals surface area contributed by atoms with E-state index in [1.165, 1.54) is 14.0 Å². The molecule has 1 N–H and O–H groups in total. The van der Waals surface area contributed by atoms with Crippen LogP contribution in [0.3, 0.4) is 0 Å². The van der Waals surface area contributed by atoms with Gasteiger partial charge in [-0.1, -0.05) is 11.6 Å². The van der Waals surface area contributed by atoms with Gasteiger partial charge in [0.25, 0.3) is 0 Å². The fourth-order valence-electron chi connectivity index (χ4n) is 1.81. The van der Waals surface area contributed by atoms with Crippen LogP contribution < -0.4 is 10.1 Å². The van der Waals surface area contributed by atoms with Gasteiger partial charge in [0.05, 0.1) is 6.61 Å². The molecule has 1 rings (SSSR count). The van der Waals surface area contributed by atoms with Crippen LogP contribution in [0.4, 0.5) is 4.79 Å².